The average molecular weight is 231 g/mol. The molecule has 0 radical (unpaired) electrons. The third-order valence-corrected chi connectivity index (χ3v) is 3.16. The molecule has 17 heavy (non-hydrogen) atoms. The molecule has 2 rings (SSSR count). The molecule has 0 aromatic heterocycles. The second-order valence-electron chi connectivity index (χ2n) is 4.54. The summed E-state index contributed by atoms with van der Waals surface area (Å²) in [4.78, 5) is 4.50. The zero-order valence-corrected chi connectivity index (χ0v) is 10.3. The van der Waals surface area contributed by atoms with Gasteiger partial charge >= 0.3 is 0 Å². The van der Waals surface area contributed by atoms with Crippen molar-refractivity contribution in [3.8, 4) is 0 Å². The molecule has 0 aromatic carbocycles. The van der Waals surface area contributed by atoms with Gasteiger partial charge in [-0.05, 0) is 41.7 Å². The summed E-state index contributed by atoms with van der Waals surface area (Å²) < 4.78 is 12.9. The van der Waals surface area contributed by atoms with E-state index in [9.17, 15) is 4.39 Å². The number of aliphatic imine (C=N–C) groups is 1. The van der Waals surface area contributed by atoms with E-state index in [1.807, 2.05) is 6.08 Å². The second-order valence-corrected chi connectivity index (χ2v) is 4.54. The Morgan fingerprint density at radius 1 is 1.41 bits per heavy atom. The number of nitrogens with zero attached hydrogens (tertiary/aromatic N) is 1. The molecular weight excluding hydrogens is 213 g/mol. The third kappa shape index (κ3) is 2.82. The highest BCUT2D eigenvalue weighted by atomic mass is 19.1. The summed E-state index contributed by atoms with van der Waals surface area (Å²) in [5, 5.41) is 0. The topological polar surface area (TPSA) is 12.4 Å². The van der Waals surface area contributed by atoms with Crippen LogP contribution >= 0.6 is 0 Å². The molecule has 90 valence electrons. The quantitative estimate of drug-likeness (QED) is 0.684. The van der Waals surface area contributed by atoms with Crippen molar-refractivity contribution < 1.29 is 4.39 Å². The Bertz CT molecular complexity index is 450. The van der Waals surface area contributed by atoms with Crippen molar-refractivity contribution in [2.75, 3.05) is 6.54 Å². The second kappa shape index (κ2) is 5.26. The van der Waals surface area contributed by atoms with Crippen LogP contribution in [0, 0.1) is 0 Å². The van der Waals surface area contributed by atoms with E-state index in [4.69, 9.17) is 0 Å². The van der Waals surface area contributed by atoms with Crippen molar-refractivity contribution in [2.45, 2.75) is 32.6 Å². The Morgan fingerprint density at radius 3 is 2.88 bits per heavy atom. The summed E-state index contributed by atoms with van der Waals surface area (Å²) in [5.74, 6) is -0.0443. The van der Waals surface area contributed by atoms with E-state index in [1.165, 1.54) is 11.6 Å². The van der Waals surface area contributed by atoms with Gasteiger partial charge in [-0.15, -0.1) is 0 Å². The van der Waals surface area contributed by atoms with Crippen LogP contribution < -0.4 is 0 Å². The van der Waals surface area contributed by atoms with Crippen LogP contribution in [-0.2, 0) is 0 Å². The van der Waals surface area contributed by atoms with Crippen molar-refractivity contribution in [2.24, 2.45) is 4.99 Å². The maximum Gasteiger partial charge on any atom is 0.100 e. The molecule has 1 aliphatic carbocycles. The van der Waals surface area contributed by atoms with Crippen LogP contribution in [0.25, 0.3) is 0 Å². The van der Waals surface area contributed by atoms with E-state index in [-0.39, 0.29) is 5.83 Å². The van der Waals surface area contributed by atoms with Gasteiger partial charge in [-0.3, -0.25) is 4.99 Å². The first-order valence-electron chi connectivity index (χ1n) is 6.19. The Balaban J connectivity index is 2.07. The largest absolute Gasteiger partial charge is 0.280 e. The van der Waals surface area contributed by atoms with Crippen LogP contribution in [0.1, 0.15) is 32.6 Å². The first-order chi connectivity index (χ1) is 8.20. The summed E-state index contributed by atoms with van der Waals surface area (Å²) in [5.41, 5.74) is 4.43. The van der Waals surface area contributed by atoms with Crippen LogP contribution in [0.5, 0.6) is 0 Å². The van der Waals surface area contributed by atoms with E-state index in [0.717, 1.165) is 42.7 Å². The van der Waals surface area contributed by atoms with Gasteiger partial charge in [-0.2, -0.15) is 0 Å². The Labute approximate surface area is 102 Å². The van der Waals surface area contributed by atoms with E-state index in [2.05, 4.69) is 24.6 Å². The van der Waals surface area contributed by atoms with E-state index >= 15 is 0 Å². The predicted octanol–water partition coefficient (Wildman–Crippen LogP) is 4.30. The fourth-order valence-electron chi connectivity index (χ4n) is 2.15. The van der Waals surface area contributed by atoms with Gasteiger partial charge in [0.25, 0.3) is 0 Å². The van der Waals surface area contributed by atoms with Crippen molar-refractivity contribution in [1.82, 2.24) is 0 Å². The SMILES string of the molecule is C=C(C1=CC=C(F)CC1)C1=NCC(CCC)=C1. The maximum atomic E-state index is 12.9. The van der Waals surface area contributed by atoms with Crippen molar-refractivity contribution in [3.63, 3.8) is 0 Å². The highest BCUT2D eigenvalue weighted by molar-refractivity contribution is 6.12. The van der Waals surface area contributed by atoms with Gasteiger partial charge in [-0.1, -0.05) is 26.0 Å². The molecule has 0 unspecified atom stereocenters. The third-order valence-electron chi connectivity index (χ3n) is 3.16. The molecule has 2 heteroatoms. The zero-order valence-electron chi connectivity index (χ0n) is 10.3. The van der Waals surface area contributed by atoms with Gasteiger partial charge in [0, 0.05) is 6.42 Å². The summed E-state index contributed by atoms with van der Waals surface area (Å²) in [6, 6.07) is 0. The minimum atomic E-state index is -0.0443. The van der Waals surface area contributed by atoms with Crippen molar-refractivity contribution in [3.05, 3.63) is 47.4 Å². The average Bonchev–Trinajstić information content (AvgIpc) is 2.78. The van der Waals surface area contributed by atoms with Crippen molar-refractivity contribution in [1.29, 1.82) is 0 Å². The van der Waals surface area contributed by atoms with Gasteiger partial charge in [0.15, 0.2) is 0 Å². The lowest BCUT2D eigenvalue weighted by atomic mass is 9.94. The van der Waals surface area contributed by atoms with Crippen molar-refractivity contribution >= 4 is 5.71 Å². The van der Waals surface area contributed by atoms with Crippen LogP contribution in [0.2, 0.25) is 0 Å². The van der Waals surface area contributed by atoms with E-state index < -0.39 is 0 Å². The first kappa shape index (κ1) is 12.0. The van der Waals surface area contributed by atoms with E-state index in [0.29, 0.717) is 6.42 Å². The Hall–Kier alpha value is -1.44. The van der Waals surface area contributed by atoms with Gasteiger partial charge < -0.3 is 0 Å². The lowest BCUT2D eigenvalue weighted by molar-refractivity contribution is 0.583. The number of hydrogen-bond donors (Lipinski definition) is 0. The molecule has 1 nitrogen and oxygen atoms in total. The zero-order chi connectivity index (χ0) is 12.3. The first-order valence-corrected chi connectivity index (χ1v) is 6.19. The van der Waals surface area contributed by atoms with Crippen LogP contribution in [0.3, 0.4) is 0 Å². The maximum absolute atomic E-state index is 12.9. The molecule has 0 N–H and O–H groups in total. The Kier molecular flexibility index (Phi) is 3.72. The fraction of sp³-hybridized carbons (Fsp3) is 0.400. The number of hydrogen-bond acceptors (Lipinski definition) is 1. The molecule has 0 aromatic rings. The Morgan fingerprint density at radius 2 is 2.24 bits per heavy atom. The molecule has 0 bridgehead atoms. The fourth-order valence-corrected chi connectivity index (χ4v) is 2.15. The standard InChI is InChI=1S/C15H18FN/c1-3-4-12-9-15(17-10-12)11(2)13-5-7-14(16)8-6-13/h5,7,9H,2-4,6,8,10H2,1H3. The number of allylic oxidation sites excluding steroid dienone is 6. The summed E-state index contributed by atoms with van der Waals surface area (Å²) >= 11 is 0. The molecule has 1 aliphatic heterocycles. The lowest BCUT2D eigenvalue weighted by Gasteiger charge is -2.12. The molecule has 0 amide bonds. The highest BCUT2D eigenvalue weighted by Crippen LogP contribution is 2.27. The minimum Gasteiger partial charge on any atom is -0.280 e. The molecular formula is C15H18FN. The lowest BCUT2D eigenvalue weighted by Crippen LogP contribution is -2.02. The molecule has 0 atom stereocenters. The normalized spacial score (nSPS) is 19.4. The van der Waals surface area contributed by atoms with Gasteiger partial charge in [-0.25, -0.2) is 4.39 Å². The minimum absolute atomic E-state index is 0.0443. The van der Waals surface area contributed by atoms with Gasteiger partial charge in [0.05, 0.1) is 12.3 Å². The van der Waals surface area contributed by atoms with Crippen LogP contribution in [0.4, 0.5) is 4.39 Å². The smallest absolute Gasteiger partial charge is 0.100 e. The summed E-state index contributed by atoms with van der Waals surface area (Å²) in [7, 11) is 0. The monoisotopic (exact) mass is 231 g/mol. The van der Waals surface area contributed by atoms with Gasteiger partial charge in [0.1, 0.15) is 5.83 Å². The summed E-state index contributed by atoms with van der Waals surface area (Å²) in [6.45, 7) is 7.06. The molecule has 0 saturated carbocycles. The molecule has 0 fully saturated rings. The molecule has 2 aliphatic rings. The van der Waals surface area contributed by atoms with Gasteiger partial charge in [0.2, 0.25) is 0 Å². The number of rotatable bonds is 4. The molecule has 0 spiro atoms. The number of halogens is 1. The van der Waals surface area contributed by atoms with Crippen LogP contribution in [-0.4, -0.2) is 12.3 Å². The molecule has 1 heterocycles. The van der Waals surface area contributed by atoms with Crippen LogP contribution in [0.15, 0.2) is 52.3 Å². The predicted molar refractivity (Wildman–Crippen MR) is 70.9 cm³/mol. The summed E-state index contributed by atoms with van der Waals surface area (Å²) in [6.07, 6.45) is 8.99. The highest BCUT2D eigenvalue weighted by Gasteiger charge is 2.15. The molecule has 0 saturated heterocycles. The van der Waals surface area contributed by atoms with E-state index in [1.54, 1.807) is 0 Å².